The minimum atomic E-state index is 0.0432. The van der Waals surface area contributed by atoms with E-state index < -0.39 is 0 Å². The van der Waals surface area contributed by atoms with Crippen LogP contribution in [0, 0.1) is 13.8 Å². The second-order valence-electron chi connectivity index (χ2n) is 4.72. The van der Waals surface area contributed by atoms with Crippen LogP contribution in [-0.2, 0) is 4.74 Å². The summed E-state index contributed by atoms with van der Waals surface area (Å²) in [7, 11) is 0. The van der Waals surface area contributed by atoms with Crippen LogP contribution in [0.5, 0.6) is 5.75 Å². The summed E-state index contributed by atoms with van der Waals surface area (Å²) in [6, 6.07) is 6.28. The quantitative estimate of drug-likeness (QED) is 0.870. The predicted molar refractivity (Wildman–Crippen MR) is 68.3 cm³/mol. The highest BCUT2D eigenvalue weighted by Crippen LogP contribution is 2.28. The Morgan fingerprint density at radius 3 is 2.65 bits per heavy atom. The number of ether oxygens (including phenoxy) is 2. The van der Waals surface area contributed by atoms with Crippen molar-refractivity contribution in [3.05, 3.63) is 29.3 Å². The van der Waals surface area contributed by atoms with E-state index in [4.69, 9.17) is 15.2 Å². The molecule has 3 unspecified atom stereocenters. The van der Waals surface area contributed by atoms with Gasteiger partial charge in [0.2, 0.25) is 0 Å². The highest BCUT2D eigenvalue weighted by atomic mass is 16.5. The molecule has 2 rings (SSSR count). The molecule has 1 aromatic rings. The summed E-state index contributed by atoms with van der Waals surface area (Å²) in [4.78, 5) is 0. The second kappa shape index (κ2) is 5.07. The van der Waals surface area contributed by atoms with Gasteiger partial charge in [0.05, 0.1) is 0 Å². The molecule has 1 fully saturated rings. The fraction of sp³-hybridized carbons (Fsp3) is 0.571. The smallest absolute Gasteiger partial charge is 0.128 e. The van der Waals surface area contributed by atoms with Crippen LogP contribution in [0.1, 0.15) is 24.5 Å². The summed E-state index contributed by atoms with van der Waals surface area (Å²) in [5, 5.41) is 0. The molecule has 3 heteroatoms. The van der Waals surface area contributed by atoms with Crippen LogP contribution >= 0.6 is 0 Å². The Morgan fingerprint density at radius 2 is 2.06 bits per heavy atom. The zero-order chi connectivity index (χ0) is 12.4. The maximum atomic E-state index is 5.92. The van der Waals surface area contributed by atoms with Crippen molar-refractivity contribution >= 4 is 0 Å². The lowest BCUT2D eigenvalue weighted by Crippen LogP contribution is -2.59. The van der Waals surface area contributed by atoms with Crippen molar-refractivity contribution in [3.63, 3.8) is 0 Å². The zero-order valence-electron chi connectivity index (χ0n) is 10.8. The molecule has 1 saturated carbocycles. The summed E-state index contributed by atoms with van der Waals surface area (Å²) < 4.78 is 11.5. The van der Waals surface area contributed by atoms with E-state index in [1.54, 1.807) is 0 Å². The number of hydrogen-bond donors (Lipinski definition) is 1. The third-order valence-corrected chi connectivity index (χ3v) is 3.42. The molecular weight excluding hydrogens is 214 g/mol. The van der Waals surface area contributed by atoms with Gasteiger partial charge in [-0.05, 0) is 44.0 Å². The maximum Gasteiger partial charge on any atom is 0.128 e. The number of aryl methyl sites for hydroxylation is 2. The van der Waals surface area contributed by atoms with Gasteiger partial charge in [0.25, 0.3) is 0 Å². The molecule has 0 bridgehead atoms. The summed E-state index contributed by atoms with van der Waals surface area (Å²) in [6.07, 6.45) is 1.02. The van der Waals surface area contributed by atoms with Crippen LogP contribution in [0.2, 0.25) is 0 Å². The highest BCUT2D eigenvalue weighted by Gasteiger charge is 2.41. The molecule has 17 heavy (non-hydrogen) atoms. The number of hydrogen-bond acceptors (Lipinski definition) is 3. The Labute approximate surface area is 103 Å². The first-order valence-electron chi connectivity index (χ1n) is 6.23. The second-order valence-corrected chi connectivity index (χ2v) is 4.72. The van der Waals surface area contributed by atoms with Crippen molar-refractivity contribution in [2.24, 2.45) is 5.73 Å². The van der Waals surface area contributed by atoms with Gasteiger partial charge in [-0.3, -0.25) is 0 Å². The Kier molecular flexibility index (Phi) is 3.69. The Bertz CT molecular complexity index is 392. The van der Waals surface area contributed by atoms with Gasteiger partial charge in [-0.1, -0.05) is 6.07 Å². The Balaban J connectivity index is 1.99. The topological polar surface area (TPSA) is 44.5 Å². The average Bonchev–Trinajstić information content (AvgIpc) is 2.30. The van der Waals surface area contributed by atoms with E-state index >= 15 is 0 Å². The van der Waals surface area contributed by atoms with E-state index in [9.17, 15) is 0 Å². The number of benzene rings is 1. The van der Waals surface area contributed by atoms with Gasteiger partial charge in [-0.15, -0.1) is 0 Å². The molecule has 1 aromatic carbocycles. The van der Waals surface area contributed by atoms with Gasteiger partial charge in [0.15, 0.2) is 0 Å². The van der Waals surface area contributed by atoms with E-state index in [2.05, 4.69) is 26.0 Å². The zero-order valence-corrected chi connectivity index (χ0v) is 10.8. The van der Waals surface area contributed by atoms with E-state index in [1.165, 1.54) is 11.1 Å². The lowest BCUT2D eigenvalue weighted by atomic mass is 9.86. The molecule has 0 radical (unpaired) electrons. The predicted octanol–water partition coefficient (Wildman–Crippen LogP) is 2.19. The van der Waals surface area contributed by atoms with Crippen LogP contribution in [0.3, 0.4) is 0 Å². The Hall–Kier alpha value is -1.06. The molecule has 3 nitrogen and oxygen atoms in total. The minimum Gasteiger partial charge on any atom is -0.488 e. The first-order valence-corrected chi connectivity index (χ1v) is 6.23. The van der Waals surface area contributed by atoms with Crippen molar-refractivity contribution in [2.45, 2.75) is 45.4 Å². The van der Waals surface area contributed by atoms with Gasteiger partial charge < -0.3 is 15.2 Å². The molecule has 3 atom stereocenters. The molecule has 2 N–H and O–H groups in total. The number of nitrogens with two attached hydrogens (primary N) is 1. The van der Waals surface area contributed by atoms with Gasteiger partial charge in [0, 0.05) is 19.1 Å². The Morgan fingerprint density at radius 1 is 1.29 bits per heavy atom. The van der Waals surface area contributed by atoms with Crippen LogP contribution in [0.4, 0.5) is 0 Å². The lowest BCUT2D eigenvalue weighted by molar-refractivity contribution is -0.0945. The van der Waals surface area contributed by atoms with Crippen molar-refractivity contribution < 1.29 is 9.47 Å². The maximum absolute atomic E-state index is 5.92. The summed E-state index contributed by atoms with van der Waals surface area (Å²) >= 11 is 0. The normalized spacial score (nSPS) is 27.6. The third kappa shape index (κ3) is 2.61. The fourth-order valence-corrected chi connectivity index (χ4v) is 2.12. The molecule has 0 aliphatic heterocycles. The molecular formula is C14H21NO2. The molecule has 0 heterocycles. The van der Waals surface area contributed by atoms with Crippen molar-refractivity contribution in [1.82, 2.24) is 0 Å². The molecule has 0 aromatic heterocycles. The van der Waals surface area contributed by atoms with Gasteiger partial charge in [-0.2, -0.15) is 0 Å². The highest BCUT2D eigenvalue weighted by molar-refractivity contribution is 5.34. The number of rotatable bonds is 4. The molecule has 1 aliphatic carbocycles. The molecule has 94 valence electrons. The lowest BCUT2D eigenvalue weighted by Gasteiger charge is -2.41. The van der Waals surface area contributed by atoms with Crippen molar-refractivity contribution in [2.75, 3.05) is 6.61 Å². The minimum absolute atomic E-state index is 0.0432. The largest absolute Gasteiger partial charge is 0.488 e. The van der Waals surface area contributed by atoms with Gasteiger partial charge in [-0.25, -0.2) is 0 Å². The van der Waals surface area contributed by atoms with E-state index in [0.29, 0.717) is 6.61 Å². The van der Waals surface area contributed by atoms with Gasteiger partial charge in [0.1, 0.15) is 18.0 Å². The van der Waals surface area contributed by atoms with Crippen LogP contribution in [0.15, 0.2) is 18.2 Å². The molecule has 0 amide bonds. The van der Waals surface area contributed by atoms with E-state index in [-0.39, 0.29) is 18.2 Å². The summed E-state index contributed by atoms with van der Waals surface area (Å²) in [5.74, 6) is 0.912. The van der Waals surface area contributed by atoms with E-state index in [1.807, 2.05) is 13.0 Å². The molecule has 0 saturated heterocycles. The van der Waals surface area contributed by atoms with Crippen molar-refractivity contribution in [3.8, 4) is 5.75 Å². The average molecular weight is 235 g/mol. The summed E-state index contributed by atoms with van der Waals surface area (Å²) in [5.41, 5.74) is 8.43. The van der Waals surface area contributed by atoms with Crippen LogP contribution < -0.4 is 10.5 Å². The first kappa shape index (κ1) is 12.4. The van der Waals surface area contributed by atoms with Crippen LogP contribution in [-0.4, -0.2) is 24.9 Å². The third-order valence-electron chi connectivity index (χ3n) is 3.42. The standard InChI is InChI=1S/C14H21NO2/c1-4-16-14-12(15)8-13(14)17-11-6-5-9(2)10(3)7-11/h5-7,12-14H,4,8,15H2,1-3H3. The monoisotopic (exact) mass is 235 g/mol. The first-order chi connectivity index (χ1) is 8.11. The van der Waals surface area contributed by atoms with Gasteiger partial charge >= 0.3 is 0 Å². The SMILES string of the molecule is CCOC1C(N)CC1Oc1ccc(C)c(C)c1. The van der Waals surface area contributed by atoms with E-state index in [0.717, 1.165) is 12.2 Å². The van der Waals surface area contributed by atoms with Crippen molar-refractivity contribution in [1.29, 1.82) is 0 Å². The van der Waals surface area contributed by atoms with Crippen LogP contribution in [0.25, 0.3) is 0 Å². The summed E-state index contributed by atoms with van der Waals surface area (Å²) in [6.45, 7) is 6.86. The molecule has 1 aliphatic rings. The fourth-order valence-electron chi connectivity index (χ4n) is 2.12. The molecule has 0 spiro atoms.